The van der Waals surface area contributed by atoms with Gasteiger partial charge < -0.3 is 10.4 Å². The first kappa shape index (κ1) is 19.2. The molecule has 0 unspecified atom stereocenters. The van der Waals surface area contributed by atoms with Gasteiger partial charge in [-0.1, -0.05) is 48.5 Å². The summed E-state index contributed by atoms with van der Waals surface area (Å²) in [7, 11) is 0. The van der Waals surface area contributed by atoms with E-state index in [0.717, 1.165) is 0 Å². The minimum Gasteiger partial charge on any atom is -0.481 e. The lowest BCUT2D eigenvalue weighted by Gasteiger charge is -2.30. The second-order valence-corrected chi connectivity index (χ2v) is 6.61. The molecule has 1 heterocycles. The van der Waals surface area contributed by atoms with Gasteiger partial charge in [-0.3, -0.25) is 9.59 Å². The van der Waals surface area contributed by atoms with Crippen LogP contribution in [-0.2, 0) is 10.3 Å². The molecule has 5 nitrogen and oxygen atoms in total. The van der Waals surface area contributed by atoms with Gasteiger partial charge in [0.1, 0.15) is 11.5 Å². The Kier molecular flexibility index (Phi) is 5.49. The van der Waals surface area contributed by atoms with Gasteiger partial charge in [-0.15, -0.1) is 0 Å². The molecule has 28 heavy (non-hydrogen) atoms. The van der Waals surface area contributed by atoms with Crippen LogP contribution in [0.4, 0.5) is 4.39 Å². The summed E-state index contributed by atoms with van der Waals surface area (Å²) in [5, 5.41) is 12.1. The normalized spacial score (nSPS) is 12.8. The van der Waals surface area contributed by atoms with Crippen LogP contribution < -0.4 is 5.32 Å². The number of rotatable bonds is 6. The molecule has 3 aromatic rings. The molecule has 3 rings (SSSR count). The Balaban J connectivity index is 1.92. The van der Waals surface area contributed by atoms with E-state index < -0.39 is 23.2 Å². The Labute approximate surface area is 161 Å². The van der Waals surface area contributed by atoms with Gasteiger partial charge in [-0.05, 0) is 36.8 Å². The highest BCUT2D eigenvalue weighted by Gasteiger charge is 2.32. The third-order valence-electron chi connectivity index (χ3n) is 4.44. The summed E-state index contributed by atoms with van der Waals surface area (Å²) in [6.45, 7) is 1.65. The van der Waals surface area contributed by atoms with Crippen molar-refractivity contribution in [2.24, 2.45) is 0 Å². The molecule has 0 saturated heterocycles. The van der Waals surface area contributed by atoms with E-state index in [2.05, 4.69) is 10.3 Å². The SMILES string of the molecule is C[C@@](CC(=O)O)(NC(=O)c1cccc(-c2ccccc2F)n1)c1ccccc1. The van der Waals surface area contributed by atoms with E-state index in [1.807, 2.05) is 6.07 Å². The van der Waals surface area contributed by atoms with E-state index in [1.165, 1.54) is 12.1 Å². The molecule has 0 aliphatic heterocycles. The Morgan fingerprint density at radius 2 is 1.68 bits per heavy atom. The summed E-state index contributed by atoms with van der Waals surface area (Å²) < 4.78 is 14.0. The molecule has 0 radical (unpaired) electrons. The first-order valence-electron chi connectivity index (χ1n) is 8.71. The van der Waals surface area contributed by atoms with Gasteiger partial charge in [-0.25, -0.2) is 9.37 Å². The van der Waals surface area contributed by atoms with Gasteiger partial charge in [0.2, 0.25) is 0 Å². The quantitative estimate of drug-likeness (QED) is 0.679. The molecule has 142 valence electrons. The highest BCUT2D eigenvalue weighted by atomic mass is 19.1. The maximum Gasteiger partial charge on any atom is 0.306 e. The number of carboxylic acid groups (broad SMARTS) is 1. The molecule has 1 aromatic heterocycles. The predicted octanol–water partition coefficient (Wildman–Crippen LogP) is 4.01. The number of benzene rings is 2. The fraction of sp³-hybridized carbons (Fsp3) is 0.136. The molecule has 0 aliphatic rings. The lowest BCUT2D eigenvalue weighted by Crippen LogP contribution is -2.45. The molecule has 0 saturated carbocycles. The number of nitrogens with one attached hydrogen (secondary N) is 1. The molecular weight excluding hydrogens is 359 g/mol. The Morgan fingerprint density at radius 1 is 1.00 bits per heavy atom. The maximum absolute atomic E-state index is 14.0. The van der Waals surface area contributed by atoms with E-state index in [0.29, 0.717) is 11.3 Å². The van der Waals surface area contributed by atoms with Crippen LogP contribution in [0, 0.1) is 5.82 Å². The highest BCUT2D eigenvalue weighted by molar-refractivity contribution is 5.93. The summed E-state index contributed by atoms with van der Waals surface area (Å²) >= 11 is 0. The van der Waals surface area contributed by atoms with Crippen molar-refractivity contribution in [2.75, 3.05) is 0 Å². The van der Waals surface area contributed by atoms with Crippen molar-refractivity contribution in [3.8, 4) is 11.3 Å². The first-order valence-corrected chi connectivity index (χ1v) is 8.71. The summed E-state index contributed by atoms with van der Waals surface area (Å²) in [5.74, 6) is -2.02. The van der Waals surface area contributed by atoms with Gasteiger partial charge in [0.15, 0.2) is 0 Å². The van der Waals surface area contributed by atoms with E-state index >= 15 is 0 Å². The Bertz CT molecular complexity index is 1010. The van der Waals surface area contributed by atoms with Crippen molar-refractivity contribution in [1.29, 1.82) is 0 Å². The van der Waals surface area contributed by atoms with Crippen molar-refractivity contribution >= 4 is 11.9 Å². The maximum atomic E-state index is 14.0. The number of amides is 1. The topological polar surface area (TPSA) is 79.3 Å². The molecule has 1 atom stereocenters. The van der Waals surface area contributed by atoms with E-state index in [9.17, 15) is 19.1 Å². The summed E-state index contributed by atoms with van der Waals surface area (Å²) in [6, 6.07) is 19.8. The predicted molar refractivity (Wildman–Crippen MR) is 103 cm³/mol. The van der Waals surface area contributed by atoms with Crippen molar-refractivity contribution < 1.29 is 19.1 Å². The van der Waals surface area contributed by atoms with Gasteiger partial charge >= 0.3 is 5.97 Å². The Morgan fingerprint density at radius 3 is 2.36 bits per heavy atom. The number of nitrogens with zero attached hydrogens (tertiary/aromatic N) is 1. The van der Waals surface area contributed by atoms with Crippen LogP contribution in [0.1, 0.15) is 29.4 Å². The number of pyridine rings is 1. The van der Waals surface area contributed by atoms with Crippen LogP contribution >= 0.6 is 0 Å². The number of hydrogen-bond acceptors (Lipinski definition) is 3. The fourth-order valence-corrected chi connectivity index (χ4v) is 3.02. The average Bonchev–Trinajstić information content (AvgIpc) is 2.68. The lowest BCUT2D eigenvalue weighted by atomic mass is 9.88. The zero-order valence-electron chi connectivity index (χ0n) is 15.2. The number of hydrogen-bond donors (Lipinski definition) is 2. The summed E-state index contributed by atoms with van der Waals surface area (Å²) in [4.78, 5) is 28.5. The van der Waals surface area contributed by atoms with Crippen LogP contribution in [0.3, 0.4) is 0 Å². The molecule has 0 bridgehead atoms. The monoisotopic (exact) mass is 378 g/mol. The minimum absolute atomic E-state index is 0.0771. The third kappa shape index (κ3) is 4.23. The van der Waals surface area contributed by atoms with Crippen molar-refractivity contribution in [3.05, 3.63) is 89.9 Å². The summed E-state index contributed by atoms with van der Waals surface area (Å²) in [5.41, 5.74) is 0.225. The molecule has 2 aromatic carbocycles. The van der Waals surface area contributed by atoms with Crippen LogP contribution in [0.5, 0.6) is 0 Å². The number of carbonyl (C=O) groups is 2. The molecule has 2 N–H and O–H groups in total. The second-order valence-electron chi connectivity index (χ2n) is 6.61. The average molecular weight is 378 g/mol. The zero-order valence-corrected chi connectivity index (χ0v) is 15.2. The number of aromatic nitrogens is 1. The van der Waals surface area contributed by atoms with Crippen LogP contribution in [0.2, 0.25) is 0 Å². The van der Waals surface area contributed by atoms with Crippen molar-refractivity contribution in [3.63, 3.8) is 0 Å². The number of carbonyl (C=O) groups excluding carboxylic acids is 1. The van der Waals surface area contributed by atoms with E-state index in [4.69, 9.17) is 0 Å². The zero-order chi connectivity index (χ0) is 20.1. The molecule has 0 aliphatic carbocycles. The highest BCUT2D eigenvalue weighted by Crippen LogP contribution is 2.26. The van der Waals surface area contributed by atoms with E-state index in [-0.39, 0.29) is 17.7 Å². The Hall–Kier alpha value is -3.54. The lowest BCUT2D eigenvalue weighted by molar-refractivity contribution is -0.138. The number of halogens is 1. The smallest absolute Gasteiger partial charge is 0.306 e. The van der Waals surface area contributed by atoms with Crippen LogP contribution in [0.25, 0.3) is 11.3 Å². The van der Waals surface area contributed by atoms with Gasteiger partial charge in [0.05, 0.1) is 17.7 Å². The molecule has 0 fully saturated rings. The van der Waals surface area contributed by atoms with Gasteiger partial charge in [0, 0.05) is 5.56 Å². The molecular formula is C22H19FN2O3. The first-order chi connectivity index (χ1) is 13.4. The van der Waals surface area contributed by atoms with Crippen molar-refractivity contribution in [1.82, 2.24) is 10.3 Å². The number of aliphatic carboxylic acids is 1. The molecule has 0 spiro atoms. The van der Waals surface area contributed by atoms with Crippen LogP contribution in [-0.4, -0.2) is 22.0 Å². The van der Waals surface area contributed by atoms with Crippen molar-refractivity contribution in [2.45, 2.75) is 18.9 Å². The van der Waals surface area contributed by atoms with Gasteiger partial charge in [0.25, 0.3) is 5.91 Å². The van der Waals surface area contributed by atoms with E-state index in [1.54, 1.807) is 61.5 Å². The fourth-order valence-electron chi connectivity index (χ4n) is 3.02. The third-order valence-corrected chi connectivity index (χ3v) is 4.44. The largest absolute Gasteiger partial charge is 0.481 e. The standard InChI is InChI=1S/C22H19FN2O3/c1-22(14-20(26)27,15-8-3-2-4-9-15)25-21(28)19-13-7-12-18(24-19)16-10-5-6-11-17(16)23/h2-13H,14H2,1H3,(H,25,28)(H,26,27)/t22-/m0/s1. The summed E-state index contributed by atoms with van der Waals surface area (Å²) in [6.07, 6.45) is -0.296. The molecule has 1 amide bonds. The molecule has 6 heteroatoms. The van der Waals surface area contributed by atoms with Gasteiger partial charge in [-0.2, -0.15) is 0 Å². The second kappa shape index (κ2) is 8.00. The number of carboxylic acids is 1. The minimum atomic E-state index is -1.13. The van der Waals surface area contributed by atoms with Crippen LogP contribution in [0.15, 0.2) is 72.8 Å².